The summed E-state index contributed by atoms with van der Waals surface area (Å²) in [6, 6.07) is 15.1. The molecule has 0 aliphatic heterocycles. The first-order valence-electron chi connectivity index (χ1n) is 5.79. The van der Waals surface area contributed by atoms with E-state index in [1.807, 2.05) is 0 Å². The van der Waals surface area contributed by atoms with Gasteiger partial charge in [0.15, 0.2) is 0 Å². The van der Waals surface area contributed by atoms with Crippen molar-refractivity contribution in [3.8, 4) is 0 Å². The SMILES string of the molecule is Cc1cc(Br)cc2c1C=CC2c1ccccc1. The van der Waals surface area contributed by atoms with Gasteiger partial charge >= 0.3 is 0 Å². The molecule has 0 saturated heterocycles. The predicted molar refractivity (Wildman–Crippen MR) is 76.2 cm³/mol. The molecule has 0 radical (unpaired) electrons. The van der Waals surface area contributed by atoms with E-state index in [-0.39, 0.29) is 0 Å². The summed E-state index contributed by atoms with van der Waals surface area (Å²) in [5, 5.41) is 0. The topological polar surface area (TPSA) is 0 Å². The number of aryl methyl sites for hydroxylation is 1. The predicted octanol–water partition coefficient (Wildman–Crippen LogP) is 4.92. The highest BCUT2D eigenvalue weighted by Crippen LogP contribution is 2.38. The molecule has 2 aromatic carbocycles. The molecule has 0 fully saturated rings. The van der Waals surface area contributed by atoms with Crippen molar-refractivity contribution in [2.45, 2.75) is 12.8 Å². The van der Waals surface area contributed by atoms with E-state index in [0.29, 0.717) is 5.92 Å². The number of fused-ring (bicyclic) bond motifs is 1. The van der Waals surface area contributed by atoms with Crippen molar-refractivity contribution in [1.29, 1.82) is 0 Å². The maximum Gasteiger partial charge on any atom is 0.0279 e. The quantitative estimate of drug-likeness (QED) is 0.698. The average molecular weight is 285 g/mol. The van der Waals surface area contributed by atoms with E-state index in [0.717, 1.165) is 0 Å². The van der Waals surface area contributed by atoms with Crippen LogP contribution in [-0.4, -0.2) is 0 Å². The van der Waals surface area contributed by atoms with Crippen LogP contribution in [0.2, 0.25) is 0 Å². The van der Waals surface area contributed by atoms with E-state index in [9.17, 15) is 0 Å². The van der Waals surface area contributed by atoms with Crippen LogP contribution in [0.1, 0.15) is 28.2 Å². The lowest BCUT2D eigenvalue weighted by Crippen LogP contribution is -1.96. The first-order chi connectivity index (χ1) is 8.25. The monoisotopic (exact) mass is 284 g/mol. The minimum absolute atomic E-state index is 0.405. The molecular formula is C16H13Br. The highest BCUT2D eigenvalue weighted by Gasteiger charge is 2.20. The van der Waals surface area contributed by atoms with Gasteiger partial charge in [0.25, 0.3) is 0 Å². The second kappa shape index (κ2) is 4.15. The van der Waals surface area contributed by atoms with Crippen molar-refractivity contribution in [1.82, 2.24) is 0 Å². The third kappa shape index (κ3) is 1.85. The Bertz CT molecular complexity index is 582. The Labute approximate surface area is 110 Å². The van der Waals surface area contributed by atoms with E-state index >= 15 is 0 Å². The van der Waals surface area contributed by atoms with Gasteiger partial charge in [0, 0.05) is 10.4 Å². The molecule has 0 spiro atoms. The molecule has 3 rings (SSSR count). The Hall–Kier alpha value is -1.34. The number of rotatable bonds is 1. The molecule has 1 aliphatic carbocycles. The summed E-state index contributed by atoms with van der Waals surface area (Å²) in [6.07, 6.45) is 4.54. The van der Waals surface area contributed by atoms with E-state index < -0.39 is 0 Å². The summed E-state index contributed by atoms with van der Waals surface area (Å²) in [5.41, 5.74) is 5.48. The molecule has 0 saturated carbocycles. The summed E-state index contributed by atoms with van der Waals surface area (Å²) < 4.78 is 1.17. The van der Waals surface area contributed by atoms with Crippen LogP contribution in [0.4, 0.5) is 0 Å². The Balaban J connectivity index is 2.13. The molecule has 0 heterocycles. The fraction of sp³-hybridized carbons (Fsp3) is 0.125. The van der Waals surface area contributed by atoms with Crippen LogP contribution in [0.15, 0.2) is 53.0 Å². The zero-order valence-corrected chi connectivity index (χ0v) is 11.2. The standard InChI is InChI=1S/C16H13Br/c1-11-9-13(17)10-16-14(11)7-8-15(16)12-5-3-2-4-6-12/h2-10,15H,1H3. The molecule has 1 heteroatoms. The smallest absolute Gasteiger partial charge is 0.0279 e. The molecule has 84 valence electrons. The van der Waals surface area contributed by atoms with Crippen molar-refractivity contribution in [3.05, 3.63) is 75.3 Å². The highest BCUT2D eigenvalue weighted by molar-refractivity contribution is 9.10. The number of hydrogen-bond acceptors (Lipinski definition) is 0. The zero-order valence-electron chi connectivity index (χ0n) is 9.65. The molecule has 0 nitrogen and oxygen atoms in total. The van der Waals surface area contributed by atoms with E-state index in [2.05, 4.69) is 77.5 Å². The van der Waals surface area contributed by atoms with Crippen molar-refractivity contribution in [2.24, 2.45) is 0 Å². The molecule has 1 aliphatic rings. The lowest BCUT2D eigenvalue weighted by molar-refractivity contribution is 1.04. The lowest BCUT2D eigenvalue weighted by atomic mass is 9.92. The summed E-state index contributed by atoms with van der Waals surface area (Å²) >= 11 is 3.59. The molecule has 1 atom stereocenters. The van der Waals surface area contributed by atoms with Gasteiger partial charge in [-0.3, -0.25) is 0 Å². The van der Waals surface area contributed by atoms with E-state index in [1.54, 1.807) is 0 Å². The molecule has 0 aromatic heterocycles. The zero-order chi connectivity index (χ0) is 11.8. The Morgan fingerprint density at radius 1 is 1.06 bits per heavy atom. The Morgan fingerprint density at radius 2 is 1.82 bits per heavy atom. The van der Waals surface area contributed by atoms with Gasteiger partial charge < -0.3 is 0 Å². The highest BCUT2D eigenvalue weighted by atomic mass is 79.9. The minimum atomic E-state index is 0.405. The largest absolute Gasteiger partial charge is 0.0720 e. The van der Waals surface area contributed by atoms with Gasteiger partial charge in [-0.1, -0.05) is 58.4 Å². The van der Waals surface area contributed by atoms with Gasteiger partial charge in [0.05, 0.1) is 0 Å². The van der Waals surface area contributed by atoms with Gasteiger partial charge in [-0.25, -0.2) is 0 Å². The third-order valence-electron chi connectivity index (χ3n) is 3.33. The van der Waals surface area contributed by atoms with Gasteiger partial charge in [-0.05, 0) is 41.3 Å². The third-order valence-corrected chi connectivity index (χ3v) is 3.79. The first-order valence-corrected chi connectivity index (χ1v) is 6.58. The van der Waals surface area contributed by atoms with Crippen LogP contribution < -0.4 is 0 Å². The van der Waals surface area contributed by atoms with Crippen LogP contribution in [-0.2, 0) is 0 Å². The van der Waals surface area contributed by atoms with E-state index in [1.165, 1.54) is 26.7 Å². The average Bonchev–Trinajstić information content (AvgIpc) is 2.74. The molecule has 0 amide bonds. The molecule has 17 heavy (non-hydrogen) atoms. The summed E-state index contributed by atoms with van der Waals surface area (Å²) in [7, 11) is 0. The Kier molecular flexibility index (Phi) is 2.64. The maximum absolute atomic E-state index is 3.59. The van der Waals surface area contributed by atoms with Gasteiger partial charge in [0.2, 0.25) is 0 Å². The second-order valence-electron chi connectivity index (χ2n) is 4.47. The second-order valence-corrected chi connectivity index (χ2v) is 5.39. The first kappa shape index (κ1) is 10.8. The van der Waals surface area contributed by atoms with Crippen molar-refractivity contribution >= 4 is 22.0 Å². The molecule has 2 aromatic rings. The van der Waals surface area contributed by atoms with Crippen LogP contribution in [0.5, 0.6) is 0 Å². The Morgan fingerprint density at radius 3 is 2.59 bits per heavy atom. The van der Waals surface area contributed by atoms with Gasteiger partial charge in [-0.15, -0.1) is 0 Å². The number of halogens is 1. The normalized spacial score (nSPS) is 17.2. The maximum atomic E-state index is 3.59. The minimum Gasteiger partial charge on any atom is -0.0720 e. The fourth-order valence-electron chi connectivity index (χ4n) is 2.51. The van der Waals surface area contributed by atoms with E-state index in [4.69, 9.17) is 0 Å². The molecule has 0 N–H and O–H groups in total. The fourth-order valence-corrected chi connectivity index (χ4v) is 3.10. The van der Waals surface area contributed by atoms with Crippen LogP contribution >= 0.6 is 15.9 Å². The van der Waals surface area contributed by atoms with Crippen molar-refractivity contribution in [3.63, 3.8) is 0 Å². The molecular weight excluding hydrogens is 272 g/mol. The van der Waals surface area contributed by atoms with Gasteiger partial charge in [0.1, 0.15) is 0 Å². The van der Waals surface area contributed by atoms with Crippen LogP contribution in [0, 0.1) is 6.92 Å². The summed E-state index contributed by atoms with van der Waals surface area (Å²) in [5.74, 6) is 0.405. The summed E-state index contributed by atoms with van der Waals surface area (Å²) in [4.78, 5) is 0. The van der Waals surface area contributed by atoms with Gasteiger partial charge in [-0.2, -0.15) is 0 Å². The number of benzene rings is 2. The van der Waals surface area contributed by atoms with Crippen molar-refractivity contribution < 1.29 is 0 Å². The molecule has 0 bridgehead atoms. The van der Waals surface area contributed by atoms with Crippen molar-refractivity contribution in [2.75, 3.05) is 0 Å². The van der Waals surface area contributed by atoms with Crippen LogP contribution in [0.3, 0.4) is 0 Å². The number of hydrogen-bond donors (Lipinski definition) is 0. The van der Waals surface area contributed by atoms with Crippen LogP contribution in [0.25, 0.3) is 6.08 Å². The number of allylic oxidation sites excluding steroid dienone is 1. The summed E-state index contributed by atoms with van der Waals surface area (Å²) in [6.45, 7) is 2.17. The molecule has 1 unspecified atom stereocenters. The lowest BCUT2D eigenvalue weighted by Gasteiger charge is -2.13.